The molecule has 25 heavy (non-hydrogen) atoms. The maximum atomic E-state index is 13.2. The molecule has 2 aromatic rings. The van der Waals surface area contributed by atoms with Gasteiger partial charge in [-0.1, -0.05) is 5.16 Å². The van der Waals surface area contributed by atoms with Crippen LogP contribution in [0.15, 0.2) is 22.9 Å². The van der Waals surface area contributed by atoms with E-state index in [2.05, 4.69) is 16.2 Å². The SMILES string of the molecule is CN(C)c1cc([C@H]2CCCN2C(=O)c2noc3c2CCCC3)ccn1. The maximum Gasteiger partial charge on any atom is 0.276 e. The predicted octanol–water partition coefficient (Wildman–Crippen LogP) is 2.99. The van der Waals surface area contributed by atoms with Crippen LogP contribution in [-0.4, -0.2) is 41.6 Å². The molecule has 0 saturated carbocycles. The standard InChI is InChI=1S/C19H24N4O2/c1-22(2)17-12-13(9-10-20-17)15-7-5-11-23(15)19(24)18-14-6-3-4-8-16(14)25-21-18/h9-10,12,15H,3-8,11H2,1-2H3/t15-/m1/s1. The van der Waals surface area contributed by atoms with Crippen LogP contribution in [0.25, 0.3) is 0 Å². The number of rotatable bonds is 3. The number of amides is 1. The van der Waals surface area contributed by atoms with Crippen molar-refractivity contribution in [3.63, 3.8) is 0 Å². The van der Waals surface area contributed by atoms with Crippen molar-refractivity contribution in [2.45, 2.75) is 44.6 Å². The second-order valence-corrected chi connectivity index (χ2v) is 7.14. The fourth-order valence-electron chi connectivity index (χ4n) is 3.93. The number of aryl methyl sites for hydroxylation is 1. The van der Waals surface area contributed by atoms with Gasteiger partial charge in [0, 0.05) is 38.8 Å². The first-order valence-corrected chi connectivity index (χ1v) is 9.07. The zero-order valence-corrected chi connectivity index (χ0v) is 14.9. The fraction of sp³-hybridized carbons (Fsp3) is 0.526. The van der Waals surface area contributed by atoms with E-state index in [9.17, 15) is 4.79 Å². The molecule has 6 nitrogen and oxygen atoms in total. The maximum absolute atomic E-state index is 13.2. The Hall–Kier alpha value is -2.37. The number of anilines is 1. The predicted molar refractivity (Wildman–Crippen MR) is 94.7 cm³/mol. The molecule has 1 aliphatic heterocycles. The van der Waals surface area contributed by atoms with Crippen molar-refractivity contribution in [1.29, 1.82) is 0 Å². The Morgan fingerprint density at radius 1 is 1.28 bits per heavy atom. The number of aromatic nitrogens is 2. The van der Waals surface area contributed by atoms with Gasteiger partial charge in [0.2, 0.25) is 0 Å². The van der Waals surface area contributed by atoms with Crippen LogP contribution in [0.2, 0.25) is 0 Å². The monoisotopic (exact) mass is 340 g/mol. The van der Waals surface area contributed by atoms with Crippen molar-refractivity contribution < 1.29 is 9.32 Å². The molecule has 6 heteroatoms. The Labute approximate surface area is 147 Å². The van der Waals surface area contributed by atoms with E-state index < -0.39 is 0 Å². The van der Waals surface area contributed by atoms with Gasteiger partial charge in [0.05, 0.1) is 6.04 Å². The van der Waals surface area contributed by atoms with Crippen LogP contribution < -0.4 is 4.90 Å². The first kappa shape index (κ1) is 16.1. The highest BCUT2D eigenvalue weighted by atomic mass is 16.5. The van der Waals surface area contributed by atoms with Crippen LogP contribution in [-0.2, 0) is 12.8 Å². The fourth-order valence-corrected chi connectivity index (χ4v) is 3.93. The molecule has 3 heterocycles. The third kappa shape index (κ3) is 2.90. The average Bonchev–Trinajstić information content (AvgIpc) is 3.28. The number of carbonyl (C=O) groups excluding carboxylic acids is 1. The van der Waals surface area contributed by atoms with Crippen molar-refractivity contribution in [2.75, 3.05) is 25.5 Å². The topological polar surface area (TPSA) is 62.5 Å². The summed E-state index contributed by atoms with van der Waals surface area (Å²) >= 11 is 0. The summed E-state index contributed by atoms with van der Waals surface area (Å²) in [6.07, 6.45) is 7.83. The molecule has 0 unspecified atom stereocenters. The van der Waals surface area contributed by atoms with Gasteiger partial charge in [-0.3, -0.25) is 4.79 Å². The minimum atomic E-state index is 0.0117. The van der Waals surface area contributed by atoms with Crippen LogP contribution in [0.4, 0.5) is 5.82 Å². The van der Waals surface area contributed by atoms with Gasteiger partial charge in [0.25, 0.3) is 5.91 Å². The van der Waals surface area contributed by atoms with Crippen LogP contribution in [0, 0.1) is 0 Å². The van der Waals surface area contributed by atoms with Gasteiger partial charge in [-0.25, -0.2) is 4.98 Å². The summed E-state index contributed by atoms with van der Waals surface area (Å²) in [5, 5.41) is 4.13. The zero-order chi connectivity index (χ0) is 17.4. The molecule has 0 spiro atoms. The second kappa shape index (κ2) is 6.50. The molecular weight excluding hydrogens is 316 g/mol. The van der Waals surface area contributed by atoms with Crippen molar-refractivity contribution in [1.82, 2.24) is 15.0 Å². The minimum absolute atomic E-state index is 0.0117. The van der Waals surface area contributed by atoms with E-state index in [4.69, 9.17) is 4.52 Å². The molecule has 1 atom stereocenters. The summed E-state index contributed by atoms with van der Waals surface area (Å²) in [6.45, 7) is 0.769. The van der Waals surface area contributed by atoms with E-state index in [0.717, 1.165) is 67.8 Å². The average molecular weight is 340 g/mol. The number of carbonyl (C=O) groups is 1. The molecule has 2 aromatic heterocycles. The van der Waals surface area contributed by atoms with E-state index in [1.807, 2.05) is 36.2 Å². The van der Waals surface area contributed by atoms with Crippen LogP contribution in [0.1, 0.15) is 59.1 Å². The van der Waals surface area contributed by atoms with Gasteiger partial charge in [-0.2, -0.15) is 0 Å². The first-order valence-electron chi connectivity index (χ1n) is 9.07. The molecule has 0 aromatic carbocycles. The lowest BCUT2D eigenvalue weighted by Crippen LogP contribution is -2.31. The Bertz CT molecular complexity index is 783. The largest absolute Gasteiger partial charge is 0.363 e. The number of pyridine rings is 1. The Morgan fingerprint density at radius 3 is 2.96 bits per heavy atom. The summed E-state index contributed by atoms with van der Waals surface area (Å²) in [5.41, 5.74) is 2.70. The van der Waals surface area contributed by atoms with E-state index in [0.29, 0.717) is 5.69 Å². The van der Waals surface area contributed by atoms with Crippen molar-refractivity contribution in [3.8, 4) is 0 Å². The third-order valence-corrected chi connectivity index (χ3v) is 5.28. The molecule has 1 aliphatic carbocycles. The molecule has 1 fully saturated rings. The van der Waals surface area contributed by atoms with Crippen molar-refractivity contribution in [3.05, 3.63) is 40.9 Å². The number of likely N-dealkylation sites (tertiary alicyclic amines) is 1. The normalized spacial score (nSPS) is 19.8. The van der Waals surface area contributed by atoms with Gasteiger partial charge in [0.15, 0.2) is 5.69 Å². The van der Waals surface area contributed by atoms with E-state index >= 15 is 0 Å². The van der Waals surface area contributed by atoms with Crippen LogP contribution in [0.3, 0.4) is 0 Å². The summed E-state index contributed by atoms with van der Waals surface area (Å²) in [7, 11) is 3.96. The van der Waals surface area contributed by atoms with E-state index in [1.165, 1.54) is 0 Å². The first-order chi connectivity index (χ1) is 12.1. The molecule has 0 bridgehead atoms. The smallest absolute Gasteiger partial charge is 0.276 e. The Balaban J connectivity index is 1.62. The summed E-state index contributed by atoms with van der Waals surface area (Å²) in [5.74, 6) is 1.83. The lowest BCUT2D eigenvalue weighted by Gasteiger charge is -2.25. The van der Waals surface area contributed by atoms with Crippen LogP contribution in [0.5, 0.6) is 0 Å². The van der Waals surface area contributed by atoms with Gasteiger partial charge in [-0.15, -0.1) is 0 Å². The zero-order valence-electron chi connectivity index (χ0n) is 14.9. The van der Waals surface area contributed by atoms with E-state index in [-0.39, 0.29) is 11.9 Å². The molecule has 2 aliphatic rings. The molecule has 1 amide bonds. The van der Waals surface area contributed by atoms with Crippen LogP contribution >= 0.6 is 0 Å². The molecule has 132 valence electrons. The number of nitrogens with zero attached hydrogens (tertiary/aromatic N) is 4. The number of hydrogen-bond donors (Lipinski definition) is 0. The Morgan fingerprint density at radius 2 is 2.12 bits per heavy atom. The highest BCUT2D eigenvalue weighted by molar-refractivity contribution is 5.94. The van der Waals surface area contributed by atoms with Crippen molar-refractivity contribution in [2.24, 2.45) is 0 Å². The lowest BCUT2D eigenvalue weighted by molar-refractivity contribution is 0.0724. The molecule has 0 radical (unpaired) electrons. The Kier molecular flexibility index (Phi) is 4.19. The summed E-state index contributed by atoms with van der Waals surface area (Å²) in [4.78, 5) is 21.5. The van der Waals surface area contributed by atoms with E-state index in [1.54, 1.807) is 0 Å². The highest BCUT2D eigenvalue weighted by Gasteiger charge is 2.34. The molecule has 1 saturated heterocycles. The molecular formula is C19H24N4O2. The van der Waals surface area contributed by atoms with Gasteiger partial charge < -0.3 is 14.3 Å². The number of fused-ring (bicyclic) bond motifs is 1. The van der Waals surface area contributed by atoms with Gasteiger partial charge >= 0.3 is 0 Å². The lowest BCUT2D eigenvalue weighted by atomic mass is 9.96. The summed E-state index contributed by atoms with van der Waals surface area (Å²) in [6, 6.07) is 4.18. The minimum Gasteiger partial charge on any atom is -0.363 e. The molecule has 4 rings (SSSR count). The van der Waals surface area contributed by atoms with Gasteiger partial charge in [0.1, 0.15) is 11.6 Å². The summed E-state index contributed by atoms with van der Waals surface area (Å²) < 4.78 is 5.45. The highest BCUT2D eigenvalue weighted by Crippen LogP contribution is 2.35. The molecule has 0 N–H and O–H groups in total. The quantitative estimate of drug-likeness (QED) is 0.859. The van der Waals surface area contributed by atoms with Gasteiger partial charge in [-0.05, 0) is 49.8 Å². The van der Waals surface area contributed by atoms with Crippen molar-refractivity contribution >= 4 is 11.7 Å². The third-order valence-electron chi connectivity index (χ3n) is 5.28. The number of hydrogen-bond acceptors (Lipinski definition) is 5. The second-order valence-electron chi connectivity index (χ2n) is 7.14.